The highest BCUT2D eigenvalue weighted by Gasteiger charge is 2.25. The largest absolute Gasteiger partial charge is 0.350 e. The van der Waals surface area contributed by atoms with Gasteiger partial charge in [0.15, 0.2) is 0 Å². The highest BCUT2D eigenvalue weighted by molar-refractivity contribution is 7.98. The Hall–Kier alpha value is -2.35. The Bertz CT molecular complexity index is 833. The van der Waals surface area contributed by atoms with Crippen molar-refractivity contribution in [3.8, 4) is 0 Å². The molecule has 0 fully saturated rings. The van der Waals surface area contributed by atoms with Gasteiger partial charge in [-0.2, -0.15) is 16.9 Å². The van der Waals surface area contributed by atoms with E-state index < -0.39 is 0 Å². The minimum Gasteiger partial charge on any atom is -0.350 e. The molecule has 0 spiro atoms. The van der Waals surface area contributed by atoms with E-state index in [-0.39, 0.29) is 30.1 Å². The predicted octanol–water partition coefficient (Wildman–Crippen LogP) is 3.07. The molecule has 2 amide bonds. The topological polar surface area (TPSA) is 76.0 Å². The van der Waals surface area contributed by atoms with E-state index >= 15 is 0 Å². The molecule has 0 bridgehead atoms. The van der Waals surface area contributed by atoms with Gasteiger partial charge in [-0.3, -0.25) is 9.59 Å². The van der Waals surface area contributed by atoms with Crippen LogP contribution in [0.25, 0.3) is 0 Å². The molecule has 6 nitrogen and oxygen atoms in total. The fourth-order valence-corrected chi connectivity index (χ4v) is 3.90. The van der Waals surface area contributed by atoms with Crippen LogP contribution in [0.4, 0.5) is 10.2 Å². The number of carbonyl (C=O) groups is 2. The van der Waals surface area contributed by atoms with E-state index in [9.17, 15) is 14.0 Å². The number of thioether (sulfide) groups is 1. The van der Waals surface area contributed by atoms with Crippen molar-refractivity contribution in [1.29, 1.82) is 0 Å². The summed E-state index contributed by atoms with van der Waals surface area (Å²) in [7, 11) is 0. The van der Waals surface area contributed by atoms with Crippen LogP contribution >= 0.6 is 11.8 Å². The van der Waals surface area contributed by atoms with Gasteiger partial charge in [0.25, 0.3) is 0 Å². The quantitative estimate of drug-likeness (QED) is 0.762. The van der Waals surface area contributed by atoms with Crippen molar-refractivity contribution in [3.05, 3.63) is 46.9 Å². The molecule has 3 rings (SSSR count). The molecule has 2 heterocycles. The minimum absolute atomic E-state index is 0.0240. The third-order valence-corrected chi connectivity index (χ3v) is 5.14. The number of anilines is 1. The van der Waals surface area contributed by atoms with Crippen molar-refractivity contribution >= 4 is 29.4 Å². The van der Waals surface area contributed by atoms with Gasteiger partial charge in [0.2, 0.25) is 11.8 Å². The molecule has 0 radical (unpaired) electrons. The monoisotopic (exact) mass is 390 g/mol. The number of amides is 2. The average molecular weight is 390 g/mol. The third-order valence-electron chi connectivity index (χ3n) is 4.17. The fraction of sp³-hybridized carbons (Fsp3) is 0.421. The van der Waals surface area contributed by atoms with Gasteiger partial charge in [-0.15, -0.1) is 0 Å². The van der Waals surface area contributed by atoms with E-state index in [4.69, 9.17) is 0 Å². The van der Waals surface area contributed by atoms with E-state index in [1.54, 1.807) is 28.6 Å². The Labute approximate surface area is 161 Å². The van der Waals surface area contributed by atoms with E-state index in [0.29, 0.717) is 18.8 Å². The SMILES string of the molecule is CC(C)CC(=O)Nc1c2c(nn1CC(=O)NCc1ccc(F)cc1)CSC2. The number of rotatable bonds is 7. The van der Waals surface area contributed by atoms with Gasteiger partial charge in [0.1, 0.15) is 18.2 Å². The van der Waals surface area contributed by atoms with Crippen LogP contribution in [0, 0.1) is 11.7 Å². The molecular formula is C19H23FN4O2S. The zero-order valence-corrected chi connectivity index (χ0v) is 16.2. The molecule has 1 aliphatic rings. The van der Waals surface area contributed by atoms with E-state index in [1.807, 2.05) is 13.8 Å². The molecule has 0 unspecified atom stereocenters. The van der Waals surface area contributed by atoms with Crippen LogP contribution in [-0.2, 0) is 34.2 Å². The zero-order chi connectivity index (χ0) is 19.4. The van der Waals surface area contributed by atoms with Crippen LogP contribution in [0.2, 0.25) is 0 Å². The summed E-state index contributed by atoms with van der Waals surface area (Å²) in [4.78, 5) is 24.5. The predicted molar refractivity (Wildman–Crippen MR) is 104 cm³/mol. The molecule has 0 atom stereocenters. The summed E-state index contributed by atoms with van der Waals surface area (Å²) < 4.78 is 14.5. The van der Waals surface area contributed by atoms with Crippen LogP contribution < -0.4 is 10.6 Å². The second-order valence-electron chi connectivity index (χ2n) is 6.97. The van der Waals surface area contributed by atoms with Crippen molar-refractivity contribution in [2.24, 2.45) is 5.92 Å². The van der Waals surface area contributed by atoms with Gasteiger partial charge < -0.3 is 10.6 Å². The average Bonchev–Trinajstić information content (AvgIpc) is 3.17. The summed E-state index contributed by atoms with van der Waals surface area (Å²) in [6.07, 6.45) is 0.420. The molecule has 8 heteroatoms. The first-order valence-corrected chi connectivity index (χ1v) is 10.0. The number of benzene rings is 1. The number of hydrogen-bond donors (Lipinski definition) is 2. The number of fused-ring (bicyclic) bond motifs is 1. The molecule has 27 heavy (non-hydrogen) atoms. The summed E-state index contributed by atoms with van der Waals surface area (Å²) in [5.74, 6) is 1.84. The highest BCUT2D eigenvalue weighted by Crippen LogP contribution is 2.34. The molecule has 1 aromatic carbocycles. The third kappa shape index (κ3) is 5.09. The lowest BCUT2D eigenvalue weighted by Gasteiger charge is -2.12. The number of hydrogen-bond acceptors (Lipinski definition) is 4. The molecule has 0 aliphatic carbocycles. The summed E-state index contributed by atoms with van der Waals surface area (Å²) >= 11 is 1.74. The lowest BCUT2D eigenvalue weighted by Crippen LogP contribution is -2.29. The summed E-state index contributed by atoms with van der Waals surface area (Å²) in [5.41, 5.74) is 2.74. The van der Waals surface area contributed by atoms with Crippen LogP contribution in [0.3, 0.4) is 0 Å². The number of nitrogens with one attached hydrogen (secondary N) is 2. The molecule has 0 saturated carbocycles. The maximum Gasteiger partial charge on any atom is 0.242 e. The van der Waals surface area contributed by atoms with Crippen LogP contribution in [0.1, 0.15) is 37.1 Å². The van der Waals surface area contributed by atoms with E-state index in [1.165, 1.54) is 12.1 Å². The van der Waals surface area contributed by atoms with Crippen LogP contribution in [0.15, 0.2) is 24.3 Å². The first kappa shape index (κ1) is 19.4. The Morgan fingerprint density at radius 2 is 1.96 bits per heavy atom. The van der Waals surface area contributed by atoms with Gasteiger partial charge in [-0.05, 0) is 23.6 Å². The van der Waals surface area contributed by atoms with Gasteiger partial charge in [0.05, 0.1) is 5.69 Å². The van der Waals surface area contributed by atoms with Gasteiger partial charge >= 0.3 is 0 Å². The van der Waals surface area contributed by atoms with Crippen molar-refractivity contribution < 1.29 is 14.0 Å². The first-order valence-electron chi connectivity index (χ1n) is 8.89. The lowest BCUT2D eigenvalue weighted by molar-refractivity contribution is -0.122. The van der Waals surface area contributed by atoms with Crippen LogP contribution in [-0.4, -0.2) is 21.6 Å². The highest BCUT2D eigenvalue weighted by atomic mass is 32.2. The number of nitrogens with zero attached hydrogens (tertiary/aromatic N) is 2. The lowest BCUT2D eigenvalue weighted by atomic mass is 10.1. The second-order valence-corrected chi connectivity index (χ2v) is 7.96. The zero-order valence-electron chi connectivity index (χ0n) is 15.4. The molecule has 2 N–H and O–H groups in total. The van der Waals surface area contributed by atoms with E-state index in [0.717, 1.165) is 28.3 Å². The van der Waals surface area contributed by atoms with Crippen molar-refractivity contribution in [2.45, 2.75) is 44.9 Å². The molecule has 1 aliphatic heterocycles. The molecule has 0 saturated heterocycles. The van der Waals surface area contributed by atoms with Gasteiger partial charge in [0, 0.05) is 30.0 Å². The minimum atomic E-state index is -0.309. The van der Waals surface area contributed by atoms with Crippen molar-refractivity contribution in [1.82, 2.24) is 15.1 Å². The maximum atomic E-state index is 12.9. The summed E-state index contributed by atoms with van der Waals surface area (Å²) in [5, 5.41) is 10.2. The summed E-state index contributed by atoms with van der Waals surface area (Å²) in [6.45, 7) is 4.31. The Morgan fingerprint density at radius 1 is 1.22 bits per heavy atom. The van der Waals surface area contributed by atoms with E-state index in [2.05, 4.69) is 15.7 Å². The van der Waals surface area contributed by atoms with Gasteiger partial charge in [-0.25, -0.2) is 9.07 Å². The molecule has 2 aromatic rings. The number of aromatic nitrogens is 2. The smallest absolute Gasteiger partial charge is 0.242 e. The fourth-order valence-electron chi connectivity index (χ4n) is 2.87. The van der Waals surface area contributed by atoms with Gasteiger partial charge in [-0.1, -0.05) is 26.0 Å². The normalized spacial score (nSPS) is 12.9. The Balaban J connectivity index is 1.65. The first-order chi connectivity index (χ1) is 12.9. The molecule has 144 valence electrons. The van der Waals surface area contributed by atoms with Crippen molar-refractivity contribution in [2.75, 3.05) is 5.32 Å². The maximum absolute atomic E-state index is 12.9. The molecule has 1 aromatic heterocycles. The Kier molecular flexibility index (Phi) is 6.15. The van der Waals surface area contributed by atoms with Crippen molar-refractivity contribution in [3.63, 3.8) is 0 Å². The number of carbonyl (C=O) groups excluding carboxylic acids is 2. The number of halogens is 1. The standard InChI is InChI=1S/C19H23FN4O2S/c1-12(2)7-17(25)22-19-15-10-27-11-16(15)23-24(19)9-18(26)21-8-13-3-5-14(20)6-4-13/h3-6,12H,7-11H2,1-2H3,(H,21,26)(H,22,25). The Morgan fingerprint density at radius 3 is 2.67 bits per heavy atom. The molecular weight excluding hydrogens is 367 g/mol. The van der Waals surface area contributed by atoms with Crippen LogP contribution in [0.5, 0.6) is 0 Å². The second kappa shape index (κ2) is 8.56. The summed E-state index contributed by atoms with van der Waals surface area (Å²) in [6, 6.07) is 5.98.